The van der Waals surface area contributed by atoms with E-state index in [1.54, 1.807) is 0 Å². The molecule has 1 heterocycles. The highest BCUT2D eigenvalue weighted by Gasteiger charge is 2.34. The average Bonchev–Trinajstić information content (AvgIpc) is 2.91. The molecule has 1 saturated heterocycles. The number of hydrogen-bond acceptors (Lipinski definition) is 3. The number of nitrogens with two attached hydrogens (primary N) is 1. The van der Waals surface area contributed by atoms with E-state index in [0.717, 1.165) is 38.0 Å². The molecule has 0 amide bonds. The molecule has 2 unspecified atom stereocenters. The molecule has 1 fully saturated rings. The van der Waals surface area contributed by atoms with E-state index in [1.807, 2.05) is 0 Å². The van der Waals surface area contributed by atoms with Crippen LogP contribution in [0.15, 0.2) is 18.2 Å². The van der Waals surface area contributed by atoms with Crippen LogP contribution in [0.5, 0.6) is 0 Å². The van der Waals surface area contributed by atoms with Gasteiger partial charge in [-0.15, -0.1) is 0 Å². The molecule has 21 heavy (non-hydrogen) atoms. The molecular weight excluding hydrogens is 288 g/mol. The molecule has 2 atom stereocenters. The number of nitrogens with one attached hydrogen (secondary N) is 1. The minimum absolute atomic E-state index is 0.153. The first-order valence-corrected chi connectivity index (χ1v) is 6.86. The van der Waals surface area contributed by atoms with E-state index in [2.05, 4.69) is 5.43 Å². The second kappa shape index (κ2) is 6.72. The fourth-order valence-corrected chi connectivity index (χ4v) is 2.55. The summed E-state index contributed by atoms with van der Waals surface area (Å²) in [6.45, 7) is 0.736. The molecule has 7 heteroatoms. The largest absolute Gasteiger partial charge is 0.419 e. The lowest BCUT2D eigenvalue weighted by Gasteiger charge is -2.19. The van der Waals surface area contributed by atoms with Gasteiger partial charge in [-0.1, -0.05) is 6.07 Å². The van der Waals surface area contributed by atoms with Crippen molar-refractivity contribution in [2.24, 2.45) is 5.84 Å². The van der Waals surface area contributed by atoms with Gasteiger partial charge in [-0.25, -0.2) is 4.39 Å². The normalized spacial score (nSPS) is 20.7. The highest BCUT2D eigenvalue weighted by atomic mass is 19.4. The van der Waals surface area contributed by atoms with Gasteiger partial charge in [0.15, 0.2) is 0 Å². The van der Waals surface area contributed by atoms with E-state index < -0.39 is 23.6 Å². The number of rotatable bonds is 5. The first-order valence-electron chi connectivity index (χ1n) is 6.86. The number of hydrazine groups is 1. The van der Waals surface area contributed by atoms with Crippen LogP contribution in [0.4, 0.5) is 17.6 Å². The van der Waals surface area contributed by atoms with E-state index >= 15 is 0 Å². The van der Waals surface area contributed by atoms with Crippen LogP contribution in [0, 0.1) is 5.82 Å². The predicted octanol–water partition coefficient (Wildman–Crippen LogP) is 3.31. The van der Waals surface area contributed by atoms with Crippen molar-refractivity contribution in [3.8, 4) is 0 Å². The summed E-state index contributed by atoms with van der Waals surface area (Å²) in [5.41, 5.74) is 1.67. The van der Waals surface area contributed by atoms with Crippen molar-refractivity contribution in [3.05, 3.63) is 35.1 Å². The Bertz CT molecular complexity index is 473. The van der Waals surface area contributed by atoms with Crippen molar-refractivity contribution >= 4 is 0 Å². The van der Waals surface area contributed by atoms with Crippen LogP contribution in [-0.2, 0) is 10.9 Å². The zero-order chi connectivity index (χ0) is 15.5. The van der Waals surface area contributed by atoms with Crippen molar-refractivity contribution in [2.45, 2.75) is 44.0 Å². The van der Waals surface area contributed by atoms with Crippen LogP contribution in [0.3, 0.4) is 0 Å². The van der Waals surface area contributed by atoms with Gasteiger partial charge < -0.3 is 4.74 Å². The monoisotopic (exact) mass is 306 g/mol. The van der Waals surface area contributed by atoms with E-state index in [9.17, 15) is 17.6 Å². The van der Waals surface area contributed by atoms with Gasteiger partial charge in [-0.05, 0) is 43.4 Å². The van der Waals surface area contributed by atoms with Crippen LogP contribution in [-0.4, -0.2) is 12.7 Å². The Labute approximate surface area is 120 Å². The number of hydrogen-bond donors (Lipinski definition) is 2. The Kier molecular flexibility index (Phi) is 5.18. The fraction of sp³-hybridized carbons (Fsp3) is 0.571. The lowest BCUT2D eigenvalue weighted by molar-refractivity contribution is -0.140. The van der Waals surface area contributed by atoms with Crippen LogP contribution in [0.25, 0.3) is 0 Å². The highest BCUT2D eigenvalue weighted by molar-refractivity contribution is 5.28. The summed E-state index contributed by atoms with van der Waals surface area (Å²) in [6.07, 6.45) is -1.24. The van der Waals surface area contributed by atoms with E-state index in [1.165, 1.54) is 6.07 Å². The third-order valence-corrected chi connectivity index (χ3v) is 3.70. The van der Waals surface area contributed by atoms with Crippen molar-refractivity contribution < 1.29 is 22.3 Å². The number of halogens is 4. The molecule has 0 radical (unpaired) electrons. The molecule has 0 spiro atoms. The zero-order valence-electron chi connectivity index (χ0n) is 11.4. The van der Waals surface area contributed by atoms with Crippen LogP contribution in [0.2, 0.25) is 0 Å². The summed E-state index contributed by atoms with van der Waals surface area (Å²) >= 11 is 0. The topological polar surface area (TPSA) is 47.3 Å². The second-order valence-electron chi connectivity index (χ2n) is 5.17. The average molecular weight is 306 g/mol. The molecule has 2 rings (SSSR count). The molecule has 1 aromatic rings. The first-order chi connectivity index (χ1) is 9.91. The summed E-state index contributed by atoms with van der Waals surface area (Å²) in [5, 5.41) is 0. The third-order valence-electron chi connectivity index (χ3n) is 3.70. The molecule has 1 aliphatic rings. The third kappa shape index (κ3) is 4.15. The fourth-order valence-electron chi connectivity index (χ4n) is 2.55. The molecule has 0 bridgehead atoms. The molecule has 0 aliphatic carbocycles. The van der Waals surface area contributed by atoms with Crippen molar-refractivity contribution in [2.75, 3.05) is 6.61 Å². The van der Waals surface area contributed by atoms with Gasteiger partial charge in [0.05, 0.1) is 11.7 Å². The predicted molar refractivity (Wildman–Crippen MR) is 69.7 cm³/mol. The number of ether oxygens (including phenoxy) is 1. The molecule has 3 N–H and O–H groups in total. The molecule has 0 saturated carbocycles. The Balaban J connectivity index is 2.05. The summed E-state index contributed by atoms with van der Waals surface area (Å²) in [7, 11) is 0. The van der Waals surface area contributed by atoms with E-state index in [0.29, 0.717) is 12.0 Å². The Hall–Kier alpha value is -1.18. The molecule has 1 aliphatic heterocycles. The Morgan fingerprint density at radius 2 is 2.14 bits per heavy atom. The van der Waals surface area contributed by atoms with Gasteiger partial charge in [0.25, 0.3) is 0 Å². The zero-order valence-corrected chi connectivity index (χ0v) is 11.4. The molecule has 118 valence electrons. The standard InChI is InChI=1S/C14H18F4N2O/c15-12-8-9(3-5-11(12)14(16,17)18)13(20-19)6-4-10-2-1-7-21-10/h3,5,8,10,13,20H,1-2,4,6-7,19H2. The maximum atomic E-state index is 13.6. The van der Waals surface area contributed by atoms with Gasteiger partial charge in [-0.3, -0.25) is 11.3 Å². The summed E-state index contributed by atoms with van der Waals surface area (Å²) in [6, 6.07) is 2.50. The van der Waals surface area contributed by atoms with Crippen LogP contribution < -0.4 is 11.3 Å². The van der Waals surface area contributed by atoms with Crippen molar-refractivity contribution in [1.29, 1.82) is 0 Å². The molecule has 1 aromatic carbocycles. The van der Waals surface area contributed by atoms with Gasteiger partial charge in [0.2, 0.25) is 0 Å². The van der Waals surface area contributed by atoms with Crippen molar-refractivity contribution in [1.82, 2.24) is 5.43 Å². The van der Waals surface area contributed by atoms with Crippen LogP contribution in [0.1, 0.15) is 42.9 Å². The molecular formula is C14H18F4N2O. The summed E-state index contributed by atoms with van der Waals surface area (Å²) < 4.78 is 56.6. The lowest BCUT2D eigenvalue weighted by atomic mass is 9.98. The van der Waals surface area contributed by atoms with Gasteiger partial charge >= 0.3 is 6.18 Å². The Morgan fingerprint density at radius 1 is 1.38 bits per heavy atom. The number of benzene rings is 1. The SMILES string of the molecule is NNC(CCC1CCCO1)c1ccc(C(F)(F)F)c(F)c1. The number of alkyl halides is 3. The van der Waals surface area contributed by atoms with Crippen molar-refractivity contribution in [3.63, 3.8) is 0 Å². The highest BCUT2D eigenvalue weighted by Crippen LogP contribution is 2.33. The molecule has 0 aromatic heterocycles. The second-order valence-corrected chi connectivity index (χ2v) is 5.17. The van der Waals surface area contributed by atoms with E-state index in [4.69, 9.17) is 10.6 Å². The summed E-state index contributed by atoms with van der Waals surface area (Å²) in [5.74, 6) is 4.15. The Morgan fingerprint density at radius 3 is 2.67 bits per heavy atom. The first kappa shape index (κ1) is 16.2. The van der Waals surface area contributed by atoms with Gasteiger partial charge in [-0.2, -0.15) is 13.2 Å². The smallest absolute Gasteiger partial charge is 0.378 e. The van der Waals surface area contributed by atoms with Gasteiger partial charge in [0.1, 0.15) is 5.82 Å². The minimum Gasteiger partial charge on any atom is -0.378 e. The maximum absolute atomic E-state index is 13.6. The lowest BCUT2D eigenvalue weighted by Crippen LogP contribution is -2.29. The van der Waals surface area contributed by atoms with Gasteiger partial charge in [0, 0.05) is 12.6 Å². The minimum atomic E-state index is -4.69. The van der Waals surface area contributed by atoms with Crippen LogP contribution >= 0.6 is 0 Å². The quantitative estimate of drug-likeness (QED) is 0.498. The van der Waals surface area contributed by atoms with E-state index in [-0.39, 0.29) is 6.10 Å². The molecule has 3 nitrogen and oxygen atoms in total. The maximum Gasteiger partial charge on any atom is 0.419 e. The summed E-state index contributed by atoms with van der Waals surface area (Å²) in [4.78, 5) is 0.